The van der Waals surface area contributed by atoms with Gasteiger partial charge in [-0.3, -0.25) is 0 Å². The molecule has 0 aliphatic heterocycles. The molecule has 0 saturated carbocycles. The molecule has 0 spiro atoms. The predicted molar refractivity (Wildman–Crippen MR) is 22.4 cm³/mol. The Labute approximate surface area is 89.4 Å². The van der Waals surface area contributed by atoms with E-state index in [1.165, 1.54) is 6.92 Å². The van der Waals surface area contributed by atoms with Crippen molar-refractivity contribution in [1.82, 2.24) is 0 Å². The third-order valence-electron chi connectivity index (χ3n) is 0.365. The average molecular weight is 244 g/mol. The van der Waals surface area contributed by atoms with Gasteiger partial charge in [0.15, 0.2) is 0 Å². The molecule has 61 valence electrons. The van der Waals surface area contributed by atoms with Gasteiger partial charge in [-0.2, -0.15) is 0 Å². The Balaban J connectivity index is -0.0000000208. The second kappa shape index (κ2) is 16.3. The van der Waals surface area contributed by atoms with Crippen LogP contribution in [0, 0.1) is 0 Å². The van der Waals surface area contributed by atoms with Gasteiger partial charge in [-0.15, -0.1) is 0 Å². The molecule has 0 amide bonds. The molecule has 0 aliphatic rings. The summed E-state index contributed by atoms with van der Waals surface area (Å²) < 4.78 is 0. The number of aliphatic carboxylic acids is 1. The van der Waals surface area contributed by atoms with Gasteiger partial charge >= 0.3 is 23.3 Å². The Hall–Kier alpha value is 0.612. The molecule has 0 atom stereocenters. The minimum atomic E-state index is -0.935. The fourth-order valence-electron chi connectivity index (χ4n) is 0. The van der Waals surface area contributed by atoms with Gasteiger partial charge in [0, 0.05) is 5.57 Å². The Morgan fingerprint density at radius 1 is 1.30 bits per heavy atom. The number of rotatable bonds is 1. The number of carboxylic acids is 1. The Morgan fingerprint density at radius 2 is 1.40 bits per heavy atom. The van der Waals surface area contributed by atoms with Crippen LogP contribution in [-0.2, 0) is 22.2 Å². The number of hydrogen-bond donors (Lipinski definition) is 1. The second-order valence-electron chi connectivity index (χ2n) is 1.09. The van der Waals surface area contributed by atoms with Gasteiger partial charge in [-0.25, -0.2) is 4.79 Å². The van der Waals surface area contributed by atoms with Crippen molar-refractivity contribution in [3.8, 4) is 0 Å². The molecular weight excluding hydrogens is 238 g/mol. The third-order valence-corrected chi connectivity index (χ3v) is 0.365. The van der Waals surface area contributed by atoms with Gasteiger partial charge in [-0.1, -0.05) is 6.58 Å². The summed E-state index contributed by atoms with van der Waals surface area (Å²) in [4.78, 5) is 9.60. The van der Waals surface area contributed by atoms with Crippen LogP contribution >= 0.6 is 0 Å². The first-order valence-electron chi connectivity index (χ1n) is 1.53. The van der Waals surface area contributed by atoms with E-state index in [2.05, 4.69) is 6.58 Å². The van der Waals surface area contributed by atoms with E-state index in [0.717, 1.165) is 0 Å². The van der Waals surface area contributed by atoms with Crippen LogP contribution in [0.1, 0.15) is 6.92 Å². The van der Waals surface area contributed by atoms with Crippen molar-refractivity contribution in [3.05, 3.63) is 12.2 Å². The van der Waals surface area contributed by atoms with E-state index in [4.69, 9.17) is 5.11 Å². The van der Waals surface area contributed by atoms with Crippen LogP contribution in [0.2, 0.25) is 0 Å². The molecule has 0 aromatic rings. The largest absolute Gasteiger partial charge is 3.00 e. The topological polar surface area (TPSA) is 37.3 Å². The molecule has 10 heavy (non-hydrogen) atoms. The first-order chi connectivity index (χ1) is 2.64. The Bertz CT molecular complexity index is 84.5. The van der Waals surface area contributed by atoms with Crippen molar-refractivity contribution < 1.29 is 64.5 Å². The van der Waals surface area contributed by atoms with Gasteiger partial charge in [0.1, 0.15) is 0 Å². The summed E-state index contributed by atoms with van der Waals surface area (Å²) in [6.45, 7) is 4.60. The molecule has 0 aliphatic carbocycles. The third kappa shape index (κ3) is 23.5. The second-order valence-corrected chi connectivity index (χ2v) is 1.09. The Morgan fingerprint density at radius 3 is 1.40 bits per heavy atom. The standard InChI is InChI=1S/C4H6O2.3ClH.Cr/c1-3(2)4(5)6;;;;/h1H2,2H3,(H,5,6);3*1H;/q;;;;+3/p-3. The maximum Gasteiger partial charge on any atom is 3.00 e. The van der Waals surface area contributed by atoms with Gasteiger partial charge in [0.25, 0.3) is 0 Å². The maximum atomic E-state index is 9.60. The van der Waals surface area contributed by atoms with E-state index in [0.29, 0.717) is 0 Å². The van der Waals surface area contributed by atoms with Crippen LogP contribution in [0.4, 0.5) is 0 Å². The zero-order valence-corrected chi connectivity index (χ0v) is 8.65. The predicted octanol–water partition coefficient (Wildman–Crippen LogP) is -8.34. The van der Waals surface area contributed by atoms with Crippen LogP contribution in [-0.4, -0.2) is 11.1 Å². The quantitative estimate of drug-likeness (QED) is 0.465. The van der Waals surface area contributed by atoms with E-state index < -0.39 is 5.97 Å². The minimum Gasteiger partial charge on any atom is -1.00 e. The summed E-state index contributed by atoms with van der Waals surface area (Å²) in [5.41, 5.74) is 0.176. The molecule has 0 aromatic heterocycles. The first-order valence-corrected chi connectivity index (χ1v) is 1.53. The molecule has 2 nitrogen and oxygen atoms in total. The molecule has 0 rings (SSSR count). The van der Waals surface area contributed by atoms with Crippen molar-refractivity contribution in [2.75, 3.05) is 0 Å². The molecular formula is C4H6Cl3CrO2. The van der Waals surface area contributed by atoms with Gasteiger partial charge < -0.3 is 42.3 Å². The van der Waals surface area contributed by atoms with Gasteiger partial charge in [0.05, 0.1) is 0 Å². The van der Waals surface area contributed by atoms with E-state index in [1.807, 2.05) is 0 Å². The summed E-state index contributed by atoms with van der Waals surface area (Å²) in [7, 11) is 0. The van der Waals surface area contributed by atoms with Crippen molar-refractivity contribution in [3.63, 3.8) is 0 Å². The minimum absolute atomic E-state index is 0. The smallest absolute Gasteiger partial charge is 1.00 e. The summed E-state index contributed by atoms with van der Waals surface area (Å²) in [5.74, 6) is -0.935. The monoisotopic (exact) mass is 243 g/mol. The van der Waals surface area contributed by atoms with Crippen LogP contribution < -0.4 is 37.2 Å². The van der Waals surface area contributed by atoms with Crippen LogP contribution in [0.3, 0.4) is 0 Å². The molecule has 0 unspecified atom stereocenters. The number of hydrogen-bond acceptors (Lipinski definition) is 1. The van der Waals surface area contributed by atoms with Crippen molar-refractivity contribution >= 4 is 5.97 Å². The summed E-state index contributed by atoms with van der Waals surface area (Å²) in [5, 5.41) is 7.89. The zero-order chi connectivity index (χ0) is 5.15. The van der Waals surface area contributed by atoms with Crippen LogP contribution in [0.15, 0.2) is 12.2 Å². The van der Waals surface area contributed by atoms with Gasteiger partial charge in [0.2, 0.25) is 0 Å². The van der Waals surface area contributed by atoms with Crippen molar-refractivity contribution in [1.29, 1.82) is 0 Å². The summed E-state index contributed by atoms with van der Waals surface area (Å²) >= 11 is 0. The maximum absolute atomic E-state index is 9.60. The summed E-state index contributed by atoms with van der Waals surface area (Å²) in [6, 6.07) is 0. The fourth-order valence-corrected chi connectivity index (χ4v) is 0. The molecule has 0 heterocycles. The van der Waals surface area contributed by atoms with Crippen LogP contribution in [0.5, 0.6) is 0 Å². The van der Waals surface area contributed by atoms with E-state index in [9.17, 15) is 4.79 Å². The number of halogens is 3. The van der Waals surface area contributed by atoms with E-state index in [-0.39, 0.29) is 60.2 Å². The molecule has 0 bridgehead atoms. The summed E-state index contributed by atoms with van der Waals surface area (Å²) in [6.07, 6.45) is 0. The molecule has 1 N–H and O–H groups in total. The average Bonchev–Trinajstić information content (AvgIpc) is 1.36. The van der Waals surface area contributed by atoms with Crippen molar-refractivity contribution in [2.45, 2.75) is 6.92 Å². The first kappa shape index (κ1) is 31.1. The number of carbonyl (C=O) groups is 1. The van der Waals surface area contributed by atoms with E-state index >= 15 is 0 Å². The molecule has 0 aromatic carbocycles. The molecule has 6 heteroatoms. The van der Waals surface area contributed by atoms with Gasteiger partial charge in [-0.05, 0) is 6.92 Å². The molecule has 0 saturated heterocycles. The van der Waals surface area contributed by atoms with Crippen LogP contribution in [0.25, 0.3) is 0 Å². The zero-order valence-electron chi connectivity index (χ0n) is 5.10. The molecule has 0 fully saturated rings. The normalized spacial score (nSPS) is 4.50. The number of carboxylic acid groups (broad SMARTS) is 1. The Kier molecular flexibility index (Phi) is 50.8. The fraction of sp³-hybridized carbons (Fsp3) is 0.250. The molecule has 1 radical (unpaired) electrons. The SMILES string of the molecule is C=C(C)C(=O)O.[Cl-].[Cl-].[Cl-].[Cr+3]. The van der Waals surface area contributed by atoms with Crippen molar-refractivity contribution in [2.24, 2.45) is 0 Å². The van der Waals surface area contributed by atoms with E-state index in [1.54, 1.807) is 0 Å².